The van der Waals surface area contributed by atoms with E-state index in [9.17, 15) is 9.90 Å². The summed E-state index contributed by atoms with van der Waals surface area (Å²) in [6, 6.07) is 9.89. The number of aliphatic hydroxyl groups is 1. The molecule has 2 atom stereocenters. The van der Waals surface area contributed by atoms with Gasteiger partial charge < -0.3 is 15.2 Å². The SMILES string of the molecule is C[C@@H](C(=O)NC1CC1)N1CCN(C[C@H](O)COc2ccccc2)CC1. The fourth-order valence-electron chi connectivity index (χ4n) is 3.11. The summed E-state index contributed by atoms with van der Waals surface area (Å²) in [7, 11) is 0. The molecule has 0 spiro atoms. The van der Waals surface area contributed by atoms with Crippen LogP contribution in [0.3, 0.4) is 0 Å². The van der Waals surface area contributed by atoms with E-state index in [2.05, 4.69) is 15.1 Å². The smallest absolute Gasteiger partial charge is 0.237 e. The number of hydrogen-bond acceptors (Lipinski definition) is 5. The molecule has 1 heterocycles. The number of hydrogen-bond donors (Lipinski definition) is 2. The van der Waals surface area contributed by atoms with Crippen molar-refractivity contribution in [2.75, 3.05) is 39.3 Å². The Labute approximate surface area is 149 Å². The zero-order chi connectivity index (χ0) is 17.6. The maximum absolute atomic E-state index is 12.1. The highest BCUT2D eigenvalue weighted by atomic mass is 16.5. The van der Waals surface area contributed by atoms with Crippen LogP contribution in [0.4, 0.5) is 0 Å². The monoisotopic (exact) mass is 347 g/mol. The molecule has 1 saturated heterocycles. The van der Waals surface area contributed by atoms with E-state index >= 15 is 0 Å². The Morgan fingerprint density at radius 2 is 1.92 bits per heavy atom. The predicted octanol–water partition coefficient (Wildman–Crippen LogP) is 0.711. The number of carbonyl (C=O) groups excluding carboxylic acids is 1. The number of carbonyl (C=O) groups is 1. The van der Waals surface area contributed by atoms with E-state index in [1.165, 1.54) is 0 Å². The molecule has 0 aromatic heterocycles. The molecule has 0 unspecified atom stereocenters. The van der Waals surface area contributed by atoms with Crippen molar-refractivity contribution < 1.29 is 14.6 Å². The van der Waals surface area contributed by atoms with Crippen LogP contribution in [0.1, 0.15) is 19.8 Å². The van der Waals surface area contributed by atoms with Crippen LogP contribution in [0.15, 0.2) is 30.3 Å². The van der Waals surface area contributed by atoms with Crippen molar-refractivity contribution in [1.29, 1.82) is 0 Å². The van der Waals surface area contributed by atoms with Crippen molar-refractivity contribution in [2.24, 2.45) is 0 Å². The number of rotatable bonds is 8. The molecule has 1 amide bonds. The van der Waals surface area contributed by atoms with Crippen molar-refractivity contribution in [1.82, 2.24) is 15.1 Å². The largest absolute Gasteiger partial charge is 0.491 e. The minimum atomic E-state index is -0.512. The van der Waals surface area contributed by atoms with Crippen LogP contribution in [0.5, 0.6) is 5.75 Å². The van der Waals surface area contributed by atoms with Crippen molar-refractivity contribution in [3.05, 3.63) is 30.3 Å². The summed E-state index contributed by atoms with van der Waals surface area (Å²) >= 11 is 0. The lowest BCUT2D eigenvalue weighted by molar-refractivity contribution is -0.126. The van der Waals surface area contributed by atoms with Crippen molar-refractivity contribution in [2.45, 2.75) is 38.0 Å². The third kappa shape index (κ3) is 5.70. The van der Waals surface area contributed by atoms with Gasteiger partial charge in [-0.15, -0.1) is 0 Å². The Hall–Kier alpha value is -1.63. The quantitative estimate of drug-likeness (QED) is 0.725. The van der Waals surface area contributed by atoms with E-state index in [4.69, 9.17) is 4.74 Å². The summed E-state index contributed by atoms with van der Waals surface area (Å²) in [6.07, 6.45) is 1.73. The van der Waals surface area contributed by atoms with Crippen LogP contribution in [-0.4, -0.2) is 78.3 Å². The number of amides is 1. The number of para-hydroxylation sites is 1. The van der Waals surface area contributed by atoms with E-state index in [1.54, 1.807) is 0 Å². The Balaban J connectivity index is 1.34. The van der Waals surface area contributed by atoms with Gasteiger partial charge in [0, 0.05) is 38.8 Å². The summed E-state index contributed by atoms with van der Waals surface area (Å²) in [4.78, 5) is 16.6. The molecule has 1 aromatic carbocycles. The van der Waals surface area contributed by atoms with Gasteiger partial charge in [-0.2, -0.15) is 0 Å². The fourth-order valence-corrected chi connectivity index (χ4v) is 3.11. The van der Waals surface area contributed by atoms with Gasteiger partial charge in [0.25, 0.3) is 0 Å². The predicted molar refractivity (Wildman–Crippen MR) is 96.6 cm³/mol. The van der Waals surface area contributed by atoms with Gasteiger partial charge in [0.05, 0.1) is 6.04 Å². The van der Waals surface area contributed by atoms with E-state index < -0.39 is 6.10 Å². The maximum atomic E-state index is 12.1. The first kappa shape index (κ1) is 18.2. The number of β-amino-alcohol motifs (C(OH)–C–C–N with tert-alkyl or cyclic N) is 1. The van der Waals surface area contributed by atoms with Gasteiger partial charge in [0.2, 0.25) is 5.91 Å². The van der Waals surface area contributed by atoms with E-state index in [0.29, 0.717) is 19.2 Å². The maximum Gasteiger partial charge on any atom is 0.237 e. The van der Waals surface area contributed by atoms with Crippen molar-refractivity contribution in [3.63, 3.8) is 0 Å². The second kappa shape index (κ2) is 8.65. The third-order valence-corrected chi connectivity index (χ3v) is 4.91. The van der Waals surface area contributed by atoms with Crippen LogP contribution in [0.2, 0.25) is 0 Å². The topological polar surface area (TPSA) is 65.0 Å². The van der Waals surface area contributed by atoms with Gasteiger partial charge in [-0.25, -0.2) is 0 Å². The Morgan fingerprint density at radius 3 is 2.56 bits per heavy atom. The molecule has 0 bridgehead atoms. The molecule has 1 saturated carbocycles. The van der Waals surface area contributed by atoms with Crippen molar-refractivity contribution >= 4 is 5.91 Å². The first-order valence-corrected chi connectivity index (χ1v) is 9.24. The van der Waals surface area contributed by atoms with Crippen molar-refractivity contribution in [3.8, 4) is 5.75 Å². The number of piperazine rings is 1. The number of benzene rings is 1. The zero-order valence-electron chi connectivity index (χ0n) is 14.9. The lowest BCUT2D eigenvalue weighted by Gasteiger charge is -2.38. The molecule has 6 heteroatoms. The summed E-state index contributed by atoms with van der Waals surface area (Å²) < 4.78 is 5.60. The second-order valence-corrected chi connectivity index (χ2v) is 7.07. The molecule has 2 aliphatic rings. The molecule has 3 rings (SSSR count). The van der Waals surface area contributed by atoms with Gasteiger partial charge in [0.15, 0.2) is 0 Å². The highest BCUT2D eigenvalue weighted by molar-refractivity contribution is 5.81. The molecule has 1 aromatic rings. The summed E-state index contributed by atoms with van der Waals surface area (Å²) in [6.45, 7) is 6.31. The summed E-state index contributed by atoms with van der Waals surface area (Å²) in [5, 5.41) is 13.3. The minimum Gasteiger partial charge on any atom is -0.491 e. The van der Waals surface area contributed by atoms with Crippen LogP contribution < -0.4 is 10.1 Å². The highest BCUT2D eigenvalue weighted by Gasteiger charge is 2.30. The van der Waals surface area contributed by atoms with Crippen LogP contribution in [0, 0.1) is 0 Å². The number of aliphatic hydroxyl groups excluding tert-OH is 1. The minimum absolute atomic E-state index is 0.0749. The fraction of sp³-hybridized carbons (Fsp3) is 0.632. The van der Waals surface area contributed by atoms with Crippen LogP contribution in [0.25, 0.3) is 0 Å². The second-order valence-electron chi connectivity index (χ2n) is 7.07. The first-order chi connectivity index (χ1) is 12.1. The molecule has 2 N–H and O–H groups in total. The lowest BCUT2D eigenvalue weighted by Crippen LogP contribution is -2.55. The van der Waals surface area contributed by atoms with Crippen LogP contribution in [-0.2, 0) is 4.79 Å². The Kier molecular flexibility index (Phi) is 6.29. The molecular weight excluding hydrogens is 318 g/mol. The van der Waals surface area contributed by atoms with Gasteiger partial charge >= 0.3 is 0 Å². The molecular formula is C19H29N3O3. The average molecular weight is 347 g/mol. The van der Waals surface area contributed by atoms with E-state index in [1.807, 2.05) is 37.3 Å². The normalized spacial score (nSPS) is 21.5. The average Bonchev–Trinajstić information content (AvgIpc) is 3.45. The number of nitrogens with zero attached hydrogens (tertiary/aromatic N) is 2. The molecule has 0 radical (unpaired) electrons. The molecule has 138 valence electrons. The van der Waals surface area contributed by atoms with Gasteiger partial charge in [-0.05, 0) is 31.9 Å². The first-order valence-electron chi connectivity index (χ1n) is 9.24. The molecule has 6 nitrogen and oxygen atoms in total. The Morgan fingerprint density at radius 1 is 1.24 bits per heavy atom. The number of nitrogens with one attached hydrogen (secondary N) is 1. The zero-order valence-corrected chi connectivity index (χ0v) is 14.9. The lowest BCUT2D eigenvalue weighted by atomic mass is 10.2. The van der Waals surface area contributed by atoms with Gasteiger partial charge in [0.1, 0.15) is 18.5 Å². The van der Waals surface area contributed by atoms with Gasteiger partial charge in [-0.3, -0.25) is 14.6 Å². The third-order valence-electron chi connectivity index (χ3n) is 4.91. The molecule has 2 fully saturated rings. The molecule has 25 heavy (non-hydrogen) atoms. The van der Waals surface area contributed by atoms with E-state index in [0.717, 1.165) is 44.8 Å². The summed E-state index contributed by atoms with van der Waals surface area (Å²) in [5.41, 5.74) is 0. The van der Waals surface area contributed by atoms with E-state index in [-0.39, 0.29) is 11.9 Å². The van der Waals surface area contributed by atoms with Crippen LogP contribution >= 0.6 is 0 Å². The summed E-state index contributed by atoms with van der Waals surface area (Å²) in [5.74, 6) is 0.925. The number of ether oxygens (including phenoxy) is 1. The molecule has 1 aliphatic heterocycles. The standard InChI is InChI=1S/C19H29N3O3/c1-15(19(24)20-16-7-8-16)22-11-9-21(10-12-22)13-17(23)14-25-18-5-3-2-4-6-18/h2-6,15-17,23H,7-14H2,1H3,(H,20,24)/t15-,17-/m0/s1. The van der Waals surface area contributed by atoms with Gasteiger partial charge in [-0.1, -0.05) is 18.2 Å². The highest BCUT2D eigenvalue weighted by Crippen LogP contribution is 2.19. The molecule has 1 aliphatic carbocycles. The Bertz CT molecular complexity index is 542.